The third-order valence-corrected chi connectivity index (χ3v) is 5.03. The van der Waals surface area contributed by atoms with E-state index in [4.69, 9.17) is 9.92 Å². The van der Waals surface area contributed by atoms with Gasteiger partial charge in [0.1, 0.15) is 0 Å². The Morgan fingerprint density at radius 1 is 1.13 bits per heavy atom. The van der Waals surface area contributed by atoms with Crippen molar-refractivity contribution in [2.75, 3.05) is 6.26 Å². The van der Waals surface area contributed by atoms with E-state index in [0.29, 0.717) is 5.56 Å². The first kappa shape index (κ1) is 24.8. The Hall–Kier alpha value is -2.43. The number of benzene rings is 2. The van der Waals surface area contributed by atoms with Crippen LogP contribution in [0.3, 0.4) is 0 Å². The van der Waals surface area contributed by atoms with Crippen LogP contribution in [0.1, 0.15) is 31.4 Å². The number of primary amides is 1. The molecule has 0 radical (unpaired) electrons. The lowest BCUT2D eigenvalue weighted by molar-refractivity contribution is -0.138. The molecule has 0 aromatic heterocycles. The predicted octanol–water partition coefficient (Wildman–Crippen LogP) is 3.67. The van der Waals surface area contributed by atoms with Gasteiger partial charge in [-0.2, -0.15) is 21.6 Å². The van der Waals surface area contributed by atoms with E-state index >= 15 is 0 Å². The number of halogens is 3. The minimum Gasteiger partial charge on any atom is -0.366 e. The van der Waals surface area contributed by atoms with Crippen LogP contribution < -0.4 is 11.1 Å². The molecule has 0 saturated carbocycles. The molecule has 2 aromatic rings. The molecule has 3 N–H and O–H groups in total. The second-order valence-corrected chi connectivity index (χ2v) is 9.25. The smallest absolute Gasteiger partial charge is 0.366 e. The van der Waals surface area contributed by atoms with Crippen molar-refractivity contribution in [3.8, 4) is 11.1 Å². The van der Waals surface area contributed by atoms with Crippen molar-refractivity contribution in [3.63, 3.8) is 0 Å². The van der Waals surface area contributed by atoms with Crippen LogP contribution in [-0.2, 0) is 31.8 Å². The number of nitrogens with one attached hydrogen (secondary N) is 1. The zero-order valence-corrected chi connectivity index (χ0v) is 18.2. The minimum absolute atomic E-state index is 0.00702. The van der Waals surface area contributed by atoms with E-state index in [2.05, 4.69) is 5.32 Å². The van der Waals surface area contributed by atoms with Gasteiger partial charge in [-0.3, -0.25) is 10.1 Å². The highest BCUT2D eigenvalue weighted by Crippen LogP contribution is 2.37. The van der Waals surface area contributed by atoms with Crippen molar-refractivity contribution in [2.45, 2.75) is 38.7 Å². The first-order valence-electron chi connectivity index (χ1n) is 9.44. The Balaban J connectivity index is 2.43. The van der Waals surface area contributed by atoms with Crippen molar-refractivity contribution in [3.05, 3.63) is 59.7 Å². The molecule has 0 fully saturated rings. The van der Waals surface area contributed by atoms with Crippen molar-refractivity contribution >= 4 is 16.0 Å². The molecular formula is C21H25F3N2O4S. The monoisotopic (exact) mass is 458 g/mol. The molecule has 2 aromatic carbocycles. The van der Waals surface area contributed by atoms with Gasteiger partial charge in [0, 0.05) is 13.0 Å². The van der Waals surface area contributed by atoms with Crippen LogP contribution in [0.25, 0.3) is 11.1 Å². The lowest BCUT2D eigenvalue weighted by atomic mass is 9.96. The molecular weight excluding hydrogens is 433 g/mol. The summed E-state index contributed by atoms with van der Waals surface area (Å²) in [5, 5.41) is 2.63. The summed E-state index contributed by atoms with van der Waals surface area (Å²) in [6, 6.07) is 11.9. The molecule has 6 nitrogen and oxygen atoms in total. The number of rotatable bonds is 9. The number of carbonyl (C=O) groups is 1. The van der Waals surface area contributed by atoms with Gasteiger partial charge in [-0.25, -0.2) is 4.18 Å². The number of carbonyl (C=O) groups excluding carboxylic acids is 1. The second-order valence-electron chi connectivity index (χ2n) is 7.67. The van der Waals surface area contributed by atoms with E-state index < -0.39 is 33.5 Å². The van der Waals surface area contributed by atoms with E-state index in [1.807, 2.05) is 0 Å². The van der Waals surface area contributed by atoms with E-state index in [0.717, 1.165) is 12.3 Å². The molecule has 0 bridgehead atoms. The van der Waals surface area contributed by atoms with Crippen LogP contribution in [0.5, 0.6) is 0 Å². The van der Waals surface area contributed by atoms with Crippen LogP contribution in [0.2, 0.25) is 0 Å². The fourth-order valence-electron chi connectivity index (χ4n) is 3.25. The number of nitrogens with two attached hydrogens (primary N) is 1. The fraction of sp³-hybridized carbons (Fsp3) is 0.381. The lowest BCUT2D eigenvalue weighted by Gasteiger charge is -2.32. The number of hydrogen-bond acceptors (Lipinski definition) is 5. The molecule has 1 amide bonds. The molecule has 0 aliphatic heterocycles. The van der Waals surface area contributed by atoms with Crippen molar-refractivity contribution in [1.82, 2.24) is 5.32 Å². The highest BCUT2D eigenvalue weighted by Gasteiger charge is 2.42. The average molecular weight is 459 g/mol. The lowest BCUT2D eigenvalue weighted by Crippen LogP contribution is -2.58. The normalized spacial score (nSPS) is 14.4. The Kier molecular flexibility index (Phi) is 7.51. The molecule has 10 heteroatoms. The standard InChI is InChI=1S/C21H25F3N2O4S/c1-14(2)12-20(19(25)27,30-31(3,28)29)26-13-15-9-10-17(16-7-5-4-6-8-16)18(11-15)21(22,23)24/h4-11,14,26H,12-13H2,1-3H3,(H2,25,27)/t20-/m1/s1. The van der Waals surface area contributed by atoms with Crippen LogP contribution in [0.15, 0.2) is 48.5 Å². The summed E-state index contributed by atoms with van der Waals surface area (Å²) in [6.45, 7) is 3.17. The fourth-order valence-corrected chi connectivity index (χ4v) is 3.97. The summed E-state index contributed by atoms with van der Waals surface area (Å²) in [7, 11) is -4.09. The second kappa shape index (κ2) is 9.37. The van der Waals surface area contributed by atoms with Gasteiger partial charge in [-0.15, -0.1) is 0 Å². The summed E-state index contributed by atoms with van der Waals surface area (Å²) in [5.74, 6) is -1.28. The first-order chi connectivity index (χ1) is 14.2. The molecule has 170 valence electrons. The van der Waals surface area contributed by atoms with Crippen molar-refractivity contribution < 1.29 is 30.6 Å². The number of alkyl halides is 3. The molecule has 0 saturated heterocycles. The summed E-state index contributed by atoms with van der Waals surface area (Å²) in [4.78, 5) is 12.1. The molecule has 0 spiro atoms. The maximum absolute atomic E-state index is 13.7. The van der Waals surface area contributed by atoms with E-state index in [1.54, 1.807) is 44.2 Å². The van der Waals surface area contributed by atoms with Crippen molar-refractivity contribution in [1.29, 1.82) is 0 Å². The van der Waals surface area contributed by atoms with Crippen LogP contribution in [-0.4, -0.2) is 26.3 Å². The third-order valence-electron chi connectivity index (χ3n) is 4.44. The number of hydrogen-bond donors (Lipinski definition) is 2. The molecule has 0 aliphatic rings. The van der Waals surface area contributed by atoms with E-state index in [9.17, 15) is 26.4 Å². The van der Waals surface area contributed by atoms with Gasteiger partial charge >= 0.3 is 6.18 Å². The Labute approximate surface area is 179 Å². The summed E-state index contributed by atoms with van der Waals surface area (Å²) < 4.78 is 69.5. The van der Waals surface area contributed by atoms with Gasteiger partial charge < -0.3 is 5.73 Å². The Bertz CT molecular complexity index is 1020. The molecule has 0 heterocycles. The van der Waals surface area contributed by atoms with Crippen LogP contribution in [0.4, 0.5) is 13.2 Å². The molecule has 0 unspecified atom stereocenters. The molecule has 0 aliphatic carbocycles. The molecule has 1 atom stereocenters. The van der Waals surface area contributed by atoms with Crippen LogP contribution in [0, 0.1) is 5.92 Å². The zero-order chi connectivity index (χ0) is 23.4. The van der Waals surface area contributed by atoms with Crippen LogP contribution >= 0.6 is 0 Å². The average Bonchev–Trinajstić information content (AvgIpc) is 2.64. The van der Waals surface area contributed by atoms with Gasteiger partial charge in [-0.1, -0.05) is 56.3 Å². The maximum atomic E-state index is 13.7. The molecule has 2 rings (SSSR count). The van der Waals surface area contributed by atoms with Gasteiger partial charge in [-0.05, 0) is 28.7 Å². The topological polar surface area (TPSA) is 98.5 Å². The highest BCUT2D eigenvalue weighted by molar-refractivity contribution is 7.86. The largest absolute Gasteiger partial charge is 0.417 e. The summed E-state index contributed by atoms with van der Waals surface area (Å²) in [6.07, 6.45) is -3.95. The molecule has 31 heavy (non-hydrogen) atoms. The summed E-state index contributed by atoms with van der Waals surface area (Å²) in [5.41, 5.74) is 3.07. The maximum Gasteiger partial charge on any atom is 0.417 e. The minimum atomic E-state index is -4.62. The van der Waals surface area contributed by atoms with Gasteiger partial charge in [0.25, 0.3) is 16.0 Å². The van der Waals surface area contributed by atoms with Gasteiger partial charge in [0.15, 0.2) is 0 Å². The number of amides is 1. The summed E-state index contributed by atoms with van der Waals surface area (Å²) >= 11 is 0. The van der Waals surface area contributed by atoms with Gasteiger partial charge in [0.05, 0.1) is 11.8 Å². The van der Waals surface area contributed by atoms with Crippen molar-refractivity contribution in [2.24, 2.45) is 11.7 Å². The quantitative estimate of drug-likeness (QED) is 0.441. The zero-order valence-electron chi connectivity index (χ0n) is 17.4. The third kappa shape index (κ3) is 6.78. The van der Waals surface area contributed by atoms with E-state index in [1.165, 1.54) is 12.1 Å². The Morgan fingerprint density at radius 2 is 1.74 bits per heavy atom. The highest BCUT2D eigenvalue weighted by atomic mass is 32.2. The predicted molar refractivity (Wildman–Crippen MR) is 111 cm³/mol. The van der Waals surface area contributed by atoms with E-state index in [-0.39, 0.29) is 30.0 Å². The SMILES string of the molecule is CC(C)C[C@@](NCc1ccc(-c2ccccc2)c(C(F)(F)F)c1)(OS(C)(=O)=O)C(N)=O. The Morgan fingerprint density at radius 3 is 2.23 bits per heavy atom. The van der Waals surface area contributed by atoms with Gasteiger partial charge in [0.2, 0.25) is 5.72 Å². The first-order valence-corrected chi connectivity index (χ1v) is 11.3.